The van der Waals surface area contributed by atoms with E-state index >= 15 is 0 Å². The van der Waals surface area contributed by atoms with Crippen molar-refractivity contribution < 1.29 is 19.7 Å². The highest BCUT2D eigenvalue weighted by Gasteiger charge is 2.17. The van der Waals surface area contributed by atoms with Crippen LogP contribution in [0.3, 0.4) is 0 Å². The summed E-state index contributed by atoms with van der Waals surface area (Å²) in [5.41, 5.74) is 3.35. The summed E-state index contributed by atoms with van der Waals surface area (Å²) in [4.78, 5) is 17.4. The summed E-state index contributed by atoms with van der Waals surface area (Å²) >= 11 is 0. The molecular formula is C27H32N4O4. The number of hydrogen-bond donors (Lipinski definition) is 3. The van der Waals surface area contributed by atoms with E-state index in [0.29, 0.717) is 35.5 Å². The molecule has 0 aliphatic rings. The number of aromatic nitrogens is 2. The molecule has 1 heterocycles. The lowest BCUT2D eigenvalue weighted by atomic mass is 10.0. The van der Waals surface area contributed by atoms with Gasteiger partial charge in [-0.2, -0.15) is 5.26 Å². The zero-order valence-corrected chi connectivity index (χ0v) is 20.5. The minimum Gasteiger partial charge on any atom is -0.490 e. The Bertz CT molecular complexity index is 1190. The largest absolute Gasteiger partial charge is 0.490 e. The standard InChI is InChI=1S/C27H32N4O4/c1-17(2)35-25-10-9-21(14-22(25)15-28)27(34)29-23(11-12-32)13-19-5-7-20(8-6-19)24-16-31(4)26(30-24)18(3)33/h5-10,14,16-18,23,32-33H,11-13H2,1-4H3,(H,29,34)/t18?,23-/m1/s1. The Hall–Kier alpha value is -3.67. The molecule has 0 fully saturated rings. The van der Waals surface area contributed by atoms with Gasteiger partial charge in [0.25, 0.3) is 5.91 Å². The molecular weight excluding hydrogens is 444 g/mol. The smallest absolute Gasteiger partial charge is 0.251 e. The molecule has 35 heavy (non-hydrogen) atoms. The fraction of sp³-hybridized carbons (Fsp3) is 0.370. The van der Waals surface area contributed by atoms with Gasteiger partial charge in [0.05, 0.1) is 17.4 Å². The van der Waals surface area contributed by atoms with Crippen LogP contribution in [0.1, 0.15) is 60.6 Å². The van der Waals surface area contributed by atoms with Crippen LogP contribution < -0.4 is 10.1 Å². The highest BCUT2D eigenvalue weighted by molar-refractivity contribution is 5.95. The van der Waals surface area contributed by atoms with Gasteiger partial charge in [0, 0.05) is 37.0 Å². The first-order valence-corrected chi connectivity index (χ1v) is 11.6. The number of rotatable bonds is 10. The predicted molar refractivity (Wildman–Crippen MR) is 133 cm³/mol. The molecule has 0 saturated carbocycles. The lowest BCUT2D eigenvalue weighted by molar-refractivity contribution is 0.0930. The molecule has 0 spiro atoms. The van der Waals surface area contributed by atoms with Gasteiger partial charge < -0.3 is 24.8 Å². The summed E-state index contributed by atoms with van der Waals surface area (Å²) < 4.78 is 7.43. The minimum atomic E-state index is -0.654. The van der Waals surface area contributed by atoms with Crippen molar-refractivity contribution in [3.8, 4) is 23.1 Å². The summed E-state index contributed by atoms with van der Waals surface area (Å²) in [5.74, 6) is 0.726. The van der Waals surface area contributed by atoms with E-state index in [0.717, 1.165) is 16.8 Å². The number of hydrogen-bond acceptors (Lipinski definition) is 6. The van der Waals surface area contributed by atoms with Crippen molar-refractivity contribution in [3.05, 3.63) is 71.2 Å². The van der Waals surface area contributed by atoms with Gasteiger partial charge >= 0.3 is 0 Å². The first kappa shape index (κ1) is 25.9. The maximum atomic E-state index is 12.9. The molecule has 0 radical (unpaired) electrons. The van der Waals surface area contributed by atoms with Crippen LogP contribution in [0.5, 0.6) is 5.75 Å². The average molecular weight is 477 g/mol. The Morgan fingerprint density at radius 1 is 1.20 bits per heavy atom. The van der Waals surface area contributed by atoms with Gasteiger partial charge in [-0.05, 0) is 57.4 Å². The summed E-state index contributed by atoms with van der Waals surface area (Å²) in [6.07, 6.45) is 2.07. The Morgan fingerprint density at radius 3 is 2.49 bits per heavy atom. The number of aliphatic hydroxyl groups is 2. The number of aliphatic hydroxyl groups excluding tert-OH is 2. The molecule has 8 nitrogen and oxygen atoms in total. The minimum absolute atomic E-state index is 0.0658. The number of imidazole rings is 1. The van der Waals surface area contributed by atoms with Crippen molar-refractivity contribution in [2.24, 2.45) is 7.05 Å². The summed E-state index contributed by atoms with van der Waals surface area (Å²) in [5, 5.41) is 31.8. The van der Waals surface area contributed by atoms with Crippen LogP contribution >= 0.6 is 0 Å². The van der Waals surface area contributed by atoms with E-state index in [2.05, 4.69) is 16.4 Å². The molecule has 3 N–H and O–H groups in total. The van der Waals surface area contributed by atoms with Crippen LogP contribution in [0, 0.1) is 11.3 Å². The van der Waals surface area contributed by atoms with Crippen molar-refractivity contribution in [2.75, 3.05) is 6.61 Å². The Morgan fingerprint density at radius 2 is 1.91 bits per heavy atom. The molecule has 1 amide bonds. The second kappa shape index (κ2) is 11.6. The third-order valence-electron chi connectivity index (χ3n) is 5.56. The molecule has 0 saturated heterocycles. The monoisotopic (exact) mass is 476 g/mol. The molecule has 1 unspecified atom stereocenters. The number of aryl methyl sites for hydroxylation is 1. The van der Waals surface area contributed by atoms with Gasteiger partial charge in [-0.25, -0.2) is 4.98 Å². The van der Waals surface area contributed by atoms with Gasteiger partial charge in [-0.3, -0.25) is 4.79 Å². The number of ether oxygens (including phenoxy) is 1. The van der Waals surface area contributed by atoms with Gasteiger partial charge in [-0.15, -0.1) is 0 Å². The van der Waals surface area contributed by atoms with Gasteiger partial charge in [0.2, 0.25) is 0 Å². The third kappa shape index (κ3) is 6.69. The summed E-state index contributed by atoms with van der Waals surface area (Å²) in [6, 6.07) is 14.4. The van der Waals surface area contributed by atoms with E-state index in [1.165, 1.54) is 6.07 Å². The number of carbonyl (C=O) groups excluding carboxylic acids is 1. The number of benzene rings is 2. The zero-order valence-electron chi connectivity index (χ0n) is 20.5. The quantitative estimate of drug-likeness (QED) is 0.412. The number of nitriles is 1. The predicted octanol–water partition coefficient (Wildman–Crippen LogP) is 3.52. The van der Waals surface area contributed by atoms with Gasteiger partial charge in [0.15, 0.2) is 0 Å². The van der Waals surface area contributed by atoms with E-state index in [4.69, 9.17) is 4.74 Å². The van der Waals surface area contributed by atoms with Crippen LogP contribution in [0.15, 0.2) is 48.7 Å². The Kier molecular flexibility index (Phi) is 8.63. The number of carbonyl (C=O) groups is 1. The molecule has 1 aromatic heterocycles. The third-order valence-corrected chi connectivity index (χ3v) is 5.56. The van der Waals surface area contributed by atoms with Crippen LogP contribution in [-0.4, -0.2) is 44.4 Å². The maximum Gasteiger partial charge on any atom is 0.251 e. The first-order chi connectivity index (χ1) is 16.7. The Labute approximate surface area is 205 Å². The molecule has 184 valence electrons. The van der Waals surface area contributed by atoms with Crippen LogP contribution in [0.25, 0.3) is 11.3 Å². The lowest BCUT2D eigenvalue weighted by Gasteiger charge is -2.19. The van der Waals surface area contributed by atoms with E-state index in [1.54, 1.807) is 23.6 Å². The van der Waals surface area contributed by atoms with E-state index in [-0.39, 0.29) is 24.7 Å². The Balaban J connectivity index is 1.71. The van der Waals surface area contributed by atoms with Crippen LogP contribution in [0.2, 0.25) is 0 Å². The molecule has 3 aromatic rings. The second-order valence-electron chi connectivity index (χ2n) is 8.84. The number of nitrogens with zero attached hydrogens (tertiary/aromatic N) is 3. The highest BCUT2D eigenvalue weighted by atomic mass is 16.5. The molecule has 2 aromatic carbocycles. The molecule has 0 aliphatic heterocycles. The SMILES string of the molecule is CC(C)Oc1ccc(C(=O)N[C@H](CCO)Cc2ccc(-c3cn(C)c(C(C)O)n3)cc2)cc1C#N. The van der Waals surface area contributed by atoms with Crippen molar-refractivity contribution in [1.29, 1.82) is 5.26 Å². The first-order valence-electron chi connectivity index (χ1n) is 11.6. The highest BCUT2D eigenvalue weighted by Crippen LogP contribution is 2.23. The normalized spacial score (nSPS) is 12.7. The number of amides is 1. The van der Waals surface area contributed by atoms with E-state index in [1.807, 2.05) is 51.4 Å². The molecule has 0 aliphatic carbocycles. The second-order valence-corrected chi connectivity index (χ2v) is 8.84. The summed E-state index contributed by atoms with van der Waals surface area (Å²) in [6.45, 7) is 5.36. The molecule has 0 bridgehead atoms. The van der Waals surface area contributed by atoms with Crippen molar-refractivity contribution in [1.82, 2.24) is 14.9 Å². The van der Waals surface area contributed by atoms with Crippen LogP contribution in [-0.2, 0) is 13.5 Å². The van der Waals surface area contributed by atoms with Crippen LogP contribution in [0.4, 0.5) is 0 Å². The van der Waals surface area contributed by atoms with E-state index < -0.39 is 6.10 Å². The van der Waals surface area contributed by atoms with E-state index in [9.17, 15) is 20.3 Å². The maximum absolute atomic E-state index is 12.9. The fourth-order valence-corrected chi connectivity index (χ4v) is 3.87. The lowest BCUT2D eigenvalue weighted by Crippen LogP contribution is -2.37. The fourth-order valence-electron chi connectivity index (χ4n) is 3.87. The molecule has 3 rings (SSSR count). The molecule has 2 atom stereocenters. The van der Waals surface area contributed by atoms with Gasteiger partial charge in [0.1, 0.15) is 23.7 Å². The van der Waals surface area contributed by atoms with Crippen molar-refractivity contribution in [2.45, 2.75) is 51.9 Å². The average Bonchev–Trinajstić information content (AvgIpc) is 3.21. The summed E-state index contributed by atoms with van der Waals surface area (Å²) in [7, 11) is 1.85. The van der Waals surface area contributed by atoms with Gasteiger partial charge in [-0.1, -0.05) is 24.3 Å². The topological polar surface area (TPSA) is 120 Å². The van der Waals surface area contributed by atoms with Crippen molar-refractivity contribution >= 4 is 5.91 Å². The molecule has 8 heteroatoms. The van der Waals surface area contributed by atoms with Crippen molar-refractivity contribution in [3.63, 3.8) is 0 Å². The number of nitrogens with one attached hydrogen (secondary N) is 1. The zero-order chi connectivity index (χ0) is 25.5.